The van der Waals surface area contributed by atoms with Crippen molar-refractivity contribution in [2.45, 2.75) is 6.43 Å². The Balaban J connectivity index is 1.44. The summed E-state index contributed by atoms with van der Waals surface area (Å²) in [7, 11) is 0. The van der Waals surface area contributed by atoms with Crippen molar-refractivity contribution in [3.63, 3.8) is 0 Å². The summed E-state index contributed by atoms with van der Waals surface area (Å²) in [6.07, 6.45) is -2.56. The Labute approximate surface area is 195 Å². The quantitative estimate of drug-likeness (QED) is 0.436. The van der Waals surface area contributed by atoms with Crippen molar-refractivity contribution in [1.29, 1.82) is 0 Å². The van der Waals surface area contributed by atoms with E-state index in [0.29, 0.717) is 35.7 Å². The van der Waals surface area contributed by atoms with Crippen LogP contribution >= 0.6 is 0 Å². The van der Waals surface area contributed by atoms with Gasteiger partial charge in [0.2, 0.25) is 0 Å². The summed E-state index contributed by atoms with van der Waals surface area (Å²) in [6, 6.07) is 20.6. The molecule has 4 aromatic rings. The van der Waals surface area contributed by atoms with E-state index in [0.717, 1.165) is 24.3 Å². The average molecular weight is 460 g/mol. The van der Waals surface area contributed by atoms with Crippen LogP contribution in [-0.2, 0) is 4.74 Å². The lowest BCUT2D eigenvalue weighted by molar-refractivity contribution is 0.102. The molecular formula is C26H22F2N4O2. The van der Waals surface area contributed by atoms with E-state index in [1.165, 1.54) is 12.1 Å². The zero-order valence-electron chi connectivity index (χ0n) is 18.2. The highest BCUT2D eigenvalue weighted by Crippen LogP contribution is 2.30. The molecule has 0 atom stereocenters. The molecule has 172 valence electrons. The molecule has 6 nitrogen and oxygen atoms in total. The minimum absolute atomic E-state index is 0.0605. The molecule has 2 aromatic carbocycles. The summed E-state index contributed by atoms with van der Waals surface area (Å²) in [6.45, 7) is 2.77. The second-order valence-electron chi connectivity index (χ2n) is 7.93. The molecule has 0 aliphatic carbocycles. The van der Waals surface area contributed by atoms with E-state index in [-0.39, 0.29) is 11.3 Å². The third kappa shape index (κ3) is 4.58. The number of anilines is 2. The number of hydrogen-bond acceptors (Lipinski definition) is 5. The van der Waals surface area contributed by atoms with E-state index < -0.39 is 12.3 Å². The number of para-hydroxylation sites is 1. The summed E-state index contributed by atoms with van der Waals surface area (Å²) in [5.74, 6) is 0.798. The molecule has 5 rings (SSSR count). The minimum Gasteiger partial charge on any atom is -0.378 e. The lowest BCUT2D eigenvalue weighted by atomic mass is 10.00. The number of aromatic nitrogens is 2. The molecule has 3 heterocycles. The van der Waals surface area contributed by atoms with E-state index in [1.807, 2.05) is 30.3 Å². The number of benzene rings is 2. The monoisotopic (exact) mass is 460 g/mol. The maximum Gasteiger partial charge on any atom is 0.275 e. The second-order valence-corrected chi connectivity index (χ2v) is 7.93. The van der Waals surface area contributed by atoms with Crippen LogP contribution in [0.2, 0.25) is 0 Å². The zero-order valence-corrected chi connectivity index (χ0v) is 18.2. The van der Waals surface area contributed by atoms with Crippen LogP contribution < -0.4 is 10.2 Å². The number of pyridine rings is 2. The molecule has 0 bridgehead atoms. The number of rotatable bonds is 5. The number of morpholine rings is 1. The standard InChI is InChI=1S/C26H22F2N4O2/c27-25(28)19-6-1-5-18(16-19)20-7-2-4-17-10-11-21(29-24(17)20)26(33)31-22-8-3-9-23(30-22)32-12-14-34-15-13-32/h1-11,16,25H,12-15H2,(H,30,31,33). The molecule has 0 radical (unpaired) electrons. The van der Waals surface area contributed by atoms with E-state index >= 15 is 0 Å². The first-order valence-corrected chi connectivity index (χ1v) is 11.0. The van der Waals surface area contributed by atoms with Gasteiger partial charge in [0.1, 0.15) is 17.3 Å². The van der Waals surface area contributed by atoms with Gasteiger partial charge in [-0.1, -0.05) is 48.5 Å². The molecule has 1 saturated heterocycles. The van der Waals surface area contributed by atoms with Crippen LogP contribution in [0.1, 0.15) is 22.5 Å². The number of halogens is 2. The summed E-state index contributed by atoms with van der Waals surface area (Å²) >= 11 is 0. The lowest BCUT2D eigenvalue weighted by Crippen LogP contribution is -2.36. The van der Waals surface area contributed by atoms with Crippen molar-refractivity contribution >= 4 is 28.4 Å². The number of ether oxygens (including phenoxy) is 1. The largest absolute Gasteiger partial charge is 0.378 e. The van der Waals surface area contributed by atoms with Gasteiger partial charge < -0.3 is 15.0 Å². The molecule has 1 aliphatic heterocycles. The van der Waals surface area contributed by atoms with Gasteiger partial charge >= 0.3 is 0 Å². The number of hydrogen-bond donors (Lipinski definition) is 1. The van der Waals surface area contributed by atoms with Gasteiger partial charge in [-0.3, -0.25) is 4.79 Å². The second kappa shape index (κ2) is 9.52. The summed E-state index contributed by atoms with van der Waals surface area (Å²) in [4.78, 5) is 24.2. The molecule has 2 aromatic heterocycles. The van der Waals surface area contributed by atoms with Crippen molar-refractivity contribution in [2.75, 3.05) is 36.5 Å². The van der Waals surface area contributed by atoms with Gasteiger partial charge in [-0.25, -0.2) is 18.7 Å². The van der Waals surface area contributed by atoms with Crippen LogP contribution in [0.15, 0.2) is 72.8 Å². The molecule has 0 unspecified atom stereocenters. The van der Waals surface area contributed by atoms with Gasteiger partial charge in [0.05, 0.1) is 18.7 Å². The van der Waals surface area contributed by atoms with Crippen molar-refractivity contribution in [2.24, 2.45) is 0 Å². The number of carbonyl (C=O) groups is 1. The van der Waals surface area contributed by atoms with E-state index in [1.54, 1.807) is 30.3 Å². The number of amides is 1. The molecule has 0 saturated carbocycles. The topological polar surface area (TPSA) is 67.4 Å². The van der Waals surface area contributed by atoms with Crippen LogP contribution in [-0.4, -0.2) is 42.2 Å². The summed E-state index contributed by atoms with van der Waals surface area (Å²) in [5, 5.41) is 3.63. The summed E-state index contributed by atoms with van der Waals surface area (Å²) < 4.78 is 31.8. The summed E-state index contributed by atoms with van der Waals surface area (Å²) in [5.41, 5.74) is 2.02. The van der Waals surface area contributed by atoms with Gasteiger partial charge in [-0.15, -0.1) is 0 Å². The van der Waals surface area contributed by atoms with E-state index in [4.69, 9.17) is 4.74 Å². The third-order valence-electron chi connectivity index (χ3n) is 5.71. The highest BCUT2D eigenvalue weighted by Gasteiger charge is 2.16. The van der Waals surface area contributed by atoms with Gasteiger partial charge in [-0.2, -0.15) is 0 Å². The molecule has 1 aliphatic rings. The number of nitrogens with zero attached hydrogens (tertiary/aromatic N) is 3. The van der Waals surface area contributed by atoms with Crippen molar-refractivity contribution in [1.82, 2.24) is 9.97 Å². The van der Waals surface area contributed by atoms with Gasteiger partial charge in [0.25, 0.3) is 12.3 Å². The highest BCUT2D eigenvalue weighted by molar-refractivity contribution is 6.05. The molecule has 1 fully saturated rings. The Hall–Kier alpha value is -3.91. The number of fused-ring (bicyclic) bond motifs is 1. The predicted molar refractivity (Wildman–Crippen MR) is 127 cm³/mol. The van der Waals surface area contributed by atoms with Crippen LogP contribution in [0.5, 0.6) is 0 Å². The van der Waals surface area contributed by atoms with Gasteiger partial charge in [0.15, 0.2) is 0 Å². The Morgan fingerprint density at radius 1 is 0.941 bits per heavy atom. The van der Waals surface area contributed by atoms with Crippen LogP contribution in [0.4, 0.5) is 20.4 Å². The first-order chi connectivity index (χ1) is 16.6. The molecule has 1 N–H and O–H groups in total. The maximum atomic E-state index is 13.2. The molecule has 34 heavy (non-hydrogen) atoms. The first kappa shape index (κ1) is 21.9. The van der Waals surface area contributed by atoms with Crippen molar-refractivity contribution in [3.05, 3.63) is 84.1 Å². The zero-order chi connectivity index (χ0) is 23.5. The normalized spacial score (nSPS) is 13.9. The average Bonchev–Trinajstić information content (AvgIpc) is 2.88. The SMILES string of the molecule is O=C(Nc1cccc(N2CCOCC2)n1)c1ccc2cccc(-c3cccc(C(F)F)c3)c2n1. The molecule has 0 spiro atoms. The van der Waals surface area contributed by atoms with Crippen LogP contribution in [0, 0.1) is 0 Å². The van der Waals surface area contributed by atoms with Crippen molar-refractivity contribution < 1.29 is 18.3 Å². The Kier molecular flexibility index (Phi) is 6.14. The predicted octanol–water partition coefficient (Wildman–Crippen LogP) is 5.32. The fraction of sp³-hybridized carbons (Fsp3) is 0.192. The number of carbonyl (C=O) groups excluding carboxylic acids is 1. The first-order valence-electron chi connectivity index (χ1n) is 11.0. The lowest BCUT2D eigenvalue weighted by Gasteiger charge is -2.27. The van der Waals surface area contributed by atoms with Crippen LogP contribution in [0.3, 0.4) is 0 Å². The number of nitrogens with one attached hydrogen (secondary N) is 1. The smallest absolute Gasteiger partial charge is 0.275 e. The Morgan fingerprint density at radius 3 is 2.56 bits per heavy atom. The van der Waals surface area contributed by atoms with E-state index in [2.05, 4.69) is 20.2 Å². The van der Waals surface area contributed by atoms with Gasteiger partial charge in [0, 0.05) is 29.6 Å². The molecule has 8 heteroatoms. The molecule has 1 amide bonds. The third-order valence-corrected chi connectivity index (χ3v) is 5.71. The molecular weight excluding hydrogens is 438 g/mol. The minimum atomic E-state index is -2.56. The fourth-order valence-electron chi connectivity index (χ4n) is 3.99. The maximum absolute atomic E-state index is 13.2. The highest BCUT2D eigenvalue weighted by atomic mass is 19.3. The Bertz CT molecular complexity index is 1340. The van der Waals surface area contributed by atoms with Gasteiger partial charge in [-0.05, 0) is 29.8 Å². The van der Waals surface area contributed by atoms with E-state index in [9.17, 15) is 13.6 Å². The van der Waals surface area contributed by atoms with Crippen LogP contribution in [0.25, 0.3) is 22.0 Å². The van der Waals surface area contributed by atoms with Crippen molar-refractivity contribution in [3.8, 4) is 11.1 Å². The Morgan fingerprint density at radius 2 is 1.74 bits per heavy atom. The number of alkyl halides is 2. The fourth-order valence-corrected chi connectivity index (χ4v) is 3.99.